The van der Waals surface area contributed by atoms with Crippen LogP contribution in [0.25, 0.3) is 22.5 Å². The highest BCUT2D eigenvalue weighted by molar-refractivity contribution is 5.93. The lowest BCUT2D eigenvalue weighted by molar-refractivity contribution is -0.117. The zero-order valence-electron chi connectivity index (χ0n) is 13.4. The van der Waals surface area contributed by atoms with Gasteiger partial charge in [0.25, 0.3) is 0 Å². The van der Waals surface area contributed by atoms with E-state index < -0.39 is 0 Å². The second kappa shape index (κ2) is 5.92. The topological polar surface area (TPSA) is 59.8 Å². The molecule has 1 aromatic carbocycles. The van der Waals surface area contributed by atoms with Crippen LogP contribution in [0, 0.1) is 5.92 Å². The van der Waals surface area contributed by atoms with Crippen molar-refractivity contribution in [1.82, 2.24) is 14.8 Å². The van der Waals surface area contributed by atoms with E-state index >= 15 is 0 Å². The molecule has 0 aliphatic heterocycles. The molecule has 1 N–H and O–H groups in total. The number of aryl methyl sites for hydroxylation is 1. The summed E-state index contributed by atoms with van der Waals surface area (Å²) >= 11 is 0. The van der Waals surface area contributed by atoms with E-state index in [-0.39, 0.29) is 11.8 Å². The van der Waals surface area contributed by atoms with Gasteiger partial charge in [0.2, 0.25) is 5.91 Å². The Labute approximate surface area is 140 Å². The van der Waals surface area contributed by atoms with Crippen molar-refractivity contribution in [2.24, 2.45) is 13.0 Å². The van der Waals surface area contributed by atoms with E-state index in [1.807, 2.05) is 54.2 Å². The Balaban J connectivity index is 1.64. The summed E-state index contributed by atoms with van der Waals surface area (Å²) in [5.41, 5.74) is 3.97. The molecule has 0 spiro atoms. The van der Waals surface area contributed by atoms with Gasteiger partial charge in [0.15, 0.2) is 0 Å². The molecule has 1 aliphatic rings. The normalized spacial score (nSPS) is 13.7. The van der Waals surface area contributed by atoms with Gasteiger partial charge in [-0.2, -0.15) is 5.10 Å². The summed E-state index contributed by atoms with van der Waals surface area (Å²) in [6, 6.07) is 16.0. The van der Waals surface area contributed by atoms with Gasteiger partial charge in [-0.3, -0.25) is 9.48 Å². The number of aromatic nitrogens is 3. The molecule has 1 fully saturated rings. The second-order valence-electron chi connectivity index (χ2n) is 6.10. The highest BCUT2D eigenvalue weighted by atomic mass is 16.2. The minimum atomic E-state index is 0.0645. The smallest absolute Gasteiger partial charge is 0.228 e. The Bertz CT molecular complexity index is 881. The number of pyridine rings is 1. The first-order chi connectivity index (χ1) is 11.7. The van der Waals surface area contributed by atoms with E-state index in [9.17, 15) is 4.79 Å². The molecule has 0 bridgehead atoms. The Hall–Kier alpha value is -2.95. The van der Waals surface area contributed by atoms with Crippen LogP contribution < -0.4 is 5.32 Å². The molecule has 5 nitrogen and oxygen atoms in total. The highest BCUT2D eigenvalue weighted by Gasteiger charge is 2.29. The maximum Gasteiger partial charge on any atom is 0.228 e. The summed E-state index contributed by atoms with van der Waals surface area (Å²) in [4.78, 5) is 16.2. The van der Waals surface area contributed by atoms with Crippen LogP contribution in [-0.4, -0.2) is 20.7 Å². The van der Waals surface area contributed by atoms with Gasteiger partial charge in [0, 0.05) is 30.3 Å². The number of carbonyl (C=O) groups excluding carboxylic acids is 1. The molecule has 0 radical (unpaired) electrons. The van der Waals surface area contributed by atoms with Gasteiger partial charge >= 0.3 is 0 Å². The Morgan fingerprint density at radius 3 is 2.67 bits per heavy atom. The van der Waals surface area contributed by atoms with Gasteiger partial charge in [-0.05, 0) is 31.0 Å². The van der Waals surface area contributed by atoms with Gasteiger partial charge < -0.3 is 5.32 Å². The van der Waals surface area contributed by atoms with E-state index in [0.29, 0.717) is 5.82 Å². The monoisotopic (exact) mass is 318 g/mol. The predicted octanol–water partition coefficient (Wildman–Crippen LogP) is 3.50. The molecule has 5 heteroatoms. The van der Waals surface area contributed by atoms with Crippen molar-refractivity contribution in [3.8, 4) is 22.5 Å². The summed E-state index contributed by atoms with van der Waals surface area (Å²) in [6.45, 7) is 0. The number of hydrogen-bond acceptors (Lipinski definition) is 3. The summed E-state index contributed by atoms with van der Waals surface area (Å²) < 4.78 is 1.85. The van der Waals surface area contributed by atoms with E-state index in [0.717, 1.165) is 35.4 Å². The van der Waals surface area contributed by atoms with Crippen LogP contribution in [0.3, 0.4) is 0 Å². The van der Waals surface area contributed by atoms with Crippen molar-refractivity contribution in [2.45, 2.75) is 12.8 Å². The second-order valence-corrected chi connectivity index (χ2v) is 6.10. The SMILES string of the molecule is Cn1nc(-c2ccccc2)cc1-c1ccnc(NC(=O)C2CC2)c1. The van der Waals surface area contributed by atoms with Gasteiger partial charge in [-0.25, -0.2) is 4.98 Å². The summed E-state index contributed by atoms with van der Waals surface area (Å²) in [7, 11) is 1.92. The van der Waals surface area contributed by atoms with E-state index in [1.165, 1.54) is 0 Å². The molecular formula is C19H18N4O. The maximum atomic E-state index is 11.9. The summed E-state index contributed by atoms with van der Waals surface area (Å²) in [5, 5.41) is 7.49. The van der Waals surface area contributed by atoms with Crippen molar-refractivity contribution in [3.63, 3.8) is 0 Å². The summed E-state index contributed by atoms with van der Waals surface area (Å²) in [6.07, 6.45) is 3.68. The first-order valence-electron chi connectivity index (χ1n) is 8.07. The molecule has 120 valence electrons. The Kier molecular flexibility index (Phi) is 3.61. The number of benzene rings is 1. The van der Waals surface area contributed by atoms with E-state index in [2.05, 4.69) is 21.5 Å². The van der Waals surface area contributed by atoms with E-state index in [4.69, 9.17) is 0 Å². The predicted molar refractivity (Wildman–Crippen MR) is 93.2 cm³/mol. The van der Waals surface area contributed by atoms with E-state index in [1.54, 1.807) is 6.20 Å². The lowest BCUT2D eigenvalue weighted by Gasteiger charge is -2.06. The molecule has 0 saturated heterocycles. The lowest BCUT2D eigenvalue weighted by atomic mass is 10.1. The number of hydrogen-bond donors (Lipinski definition) is 1. The van der Waals surface area contributed by atoms with Crippen molar-refractivity contribution in [2.75, 3.05) is 5.32 Å². The lowest BCUT2D eigenvalue weighted by Crippen LogP contribution is -2.14. The number of amides is 1. The molecular weight excluding hydrogens is 300 g/mol. The Morgan fingerprint density at radius 2 is 1.92 bits per heavy atom. The van der Waals surface area contributed by atoms with Gasteiger partial charge in [-0.15, -0.1) is 0 Å². The largest absolute Gasteiger partial charge is 0.310 e. The van der Waals surface area contributed by atoms with Crippen molar-refractivity contribution in [3.05, 3.63) is 54.7 Å². The third-order valence-electron chi connectivity index (χ3n) is 4.20. The molecule has 1 amide bonds. The molecule has 2 heterocycles. The fraction of sp³-hybridized carbons (Fsp3) is 0.211. The number of nitrogens with one attached hydrogen (secondary N) is 1. The van der Waals surface area contributed by atoms with Crippen molar-refractivity contribution in [1.29, 1.82) is 0 Å². The van der Waals surface area contributed by atoms with Gasteiger partial charge in [-0.1, -0.05) is 30.3 Å². The summed E-state index contributed by atoms with van der Waals surface area (Å²) in [5.74, 6) is 0.818. The maximum absolute atomic E-state index is 11.9. The molecule has 0 atom stereocenters. The van der Waals surface area contributed by atoms with Crippen LogP contribution in [0.4, 0.5) is 5.82 Å². The molecule has 24 heavy (non-hydrogen) atoms. The zero-order chi connectivity index (χ0) is 16.5. The van der Waals surface area contributed by atoms with Crippen LogP contribution in [0.2, 0.25) is 0 Å². The molecule has 3 aromatic rings. The molecule has 1 saturated carbocycles. The number of nitrogens with zero attached hydrogens (tertiary/aromatic N) is 3. The highest BCUT2D eigenvalue weighted by Crippen LogP contribution is 2.31. The van der Waals surface area contributed by atoms with Crippen molar-refractivity contribution < 1.29 is 4.79 Å². The minimum absolute atomic E-state index is 0.0645. The van der Waals surface area contributed by atoms with Crippen LogP contribution in [0.5, 0.6) is 0 Å². The Morgan fingerprint density at radius 1 is 1.12 bits per heavy atom. The van der Waals surface area contributed by atoms with Crippen LogP contribution in [0.15, 0.2) is 54.7 Å². The average molecular weight is 318 g/mol. The third kappa shape index (κ3) is 2.93. The fourth-order valence-electron chi connectivity index (χ4n) is 2.72. The average Bonchev–Trinajstić information content (AvgIpc) is 3.38. The van der Waals surface area contributed by atoms with Crippen molar-refractivity contribution >= 4 is 11.7 Å². The minimum Gasteiger partial charge on any atom is -0.310 e. The fourth-order valence-corrected chi connectivity index (χ4v) is 2.72. The van der Waals surface area contributed by atoms with Crippen LogP contribution >= 0.6 is 0 Å². The van der Waals surface area contributed by atoms with Crippen LogP contribution in [-0.2, 0) is 11.8 Å². The van der Waals surface area contributed by atoms with Crippen LogP contribution in [0.1, 0.15) is 12.8 Å². The van der Waals surface area contributed by atoms with Gasteiger partial charge in [0.05, 0.1) is 11.4 Å². The standard InChI is InChI=1S/C19H18N4O/c1-23-17(12-16(22-23)13-5-3-2-4-6-13)15-9-10-20-18(11-15)21-19(24)14-7-8-14/h2-6,9-12,14H,7-8H2,1H3,(H,20,21,24). The van der Waals surface area contributed by atoms with Gasteiger partial charge in [0.1, 0.15) is 5.82 Å². The molecule has 1 aliphatic carbocycles. The first-order valence-corrected chi connectivity index (χ1v) is 8.07. The first kappa shape index (κ1) is 14.6. The molecule has 2 aromatic heterocycles. The zero-order valence-corrected chi connectivity index (χ0v) is 13.4. The number of rotatable bonds is 4. The number of anilines is 1. The molecule has 4 rings (SSSR count). The third-order valence-corrected chi connectivity index (χ3v) is 4.20. The molecule has 0 unspecified atom stereocenters. The quantitative estimate of drug-likeness (QED) is 0.801. The number of carbonyl (C=O) groups is 1.